The van der Waals surface area contributed by atoms with Gasteiger partial charge in [0, 0.05) is 22.9 Å². The molecule has 20 heavy (non-hydrogen) atoms. The van der Waals surface area contributed by atoms with Crippen molar-refractivity contribution in [2.45, 2.75) is 45.1 Å². The number of hydrogen-bond donors (Lipinski definition) is 2. The summed E-state index contributed by atoms with van der Waals surface area (Å²) in [6.45, 7) is 2.17. The number of halogens is 1. The van der Waals surface area contributed by atoms with Gasteiger partial charge in [0.2, 0.25) is 5.91 Å². The van der Waals surface area contributed by atoms with Gasteiger partial charge in [-0.15, -0.1) is 0 Å². The highest BCUT2D eigenvalue weighted by molar-refractivity contribution is 6.31. The van der Waals surface area contributed by atoms with Gasteiger partial charge in [0.15, 0.2) is 0 Å². The smallest absolute Gasteiger partial charge is 0.220 e. The summed E-state index contributed by atoms with van der Waals surface area (Å²) in [5.74, 6) is 0.0384. The lowest BCUT2D eigenvalue weighted by Crippen LogP contribution is -2.44. The molecule has 0 heterocycles. The number of carbonyl (C=O) groups excluding carboxylic acids is 1. The van der Waals surface area contributed by atoms with Gasteiger partial charge in [-0.3, -0.25) is 4.79 Å². The zero-order valence-corrected chi connectivity index (χ0v) is 12.6. The molecule has 0 aliphatic heterocycles. The monoisotopic (exact) mass is 295 g/mol. The van der Waals surface area contributed by atoms with E-state index in [-0.39, 0.29) is 24.0 Å². The molecule has 1 aromatic carbocycles. The summed E-state index contributed by atoms with van der Waals surface area (Å²) in [5.41, 5.74) is 0.834. The molecule has 2 atom stereocenters. The van der Waals surface area contributed by atoms with E-state index < -0.39 is 0 Å². The van der Waals surface area contributed by atoms with Crippen LogP contribution in [0.5, 0.6) is 0 Å². The van der Waals surface area contributed by atoms with Crippen LogP contribution in [0.15, 0.2) is 24.3 Å². The number of hydrogen-bond acceptors (Lipinski definition) is 2. The summed E-state index contributed by atoms with van der Waals surface area (Å²) in [4.78, 5) is 12.1. The third kappa shape index (κ3) is 3.53. The van der Waals surface area contributed by atoms with Crippen molar-refractivity contribution >= 4 is 17.5 Å². The number of aliphatic hydroxyl groups excluding tert-OH is 1. The van der Waals surface area contributed by atoms with E-state index in [9.17, 15) is 9.90 Å². The zero-order chi connectivity index (χ0) is 14.6. The molecule has 0 radical (unpaired) electrons. The number of rotatable bonds is 5. The van der Waals surface area contributed by atoms with Crippen LogP contribution in [0, 0.1) is 5.41 Å². The number of aryl methyl sites for hydroxylation is 1. The van der Waals surface area contributed by atoms with Crippen molar-refractivity contribution in [3.05, 3.63) is 34.9 Å². The molecule has 1 amide bonds. The summed E-state index contributed by atoms with van der Waals surface area (Å²) < 4.78 is 0. The maximum Gasteiger partial charge on any atom is 0.220 e. The molecular weight excluding hydrogens is 274 g/mol. The Labute approximate surface area is 125 Å². The first-order valence-corrected chi connectivity index (χ1v) is 7.56. The maximum atomic E-state index is 12.1. The molecule has 2 unspecified atom stereocenters. The molecule has 1 aliphatic rings. The van der Waals surface area contributed by atoms with Crippen molar-refractivity contribution in [1.29, 1.82) is 0 Å². The van der Waals surface area contributed by atoms with E-state index in [4.69, 9.17) is 11.6 Å². The zero-order valence-electron chi connectivity index (χ0n) is 11.9. The van der Waals surface area contributed by atoms with Gasteiger partial charge in [-0.25, -0.2) is 0 Å². The lowest BCUT2D eigenvalue weighted by molar-refractivity contribution is -0.122. The number of aliphatic hydroxyl groups is 1. The Morgan fingerprint density at radius 2 is 2.25 bits per heavy atom. The molecule has 1 fully saturated rings. The predicted molar refractivity (Wildman–Crippen MR) is 80.7 cm³/mol. The van der Waals surface area contributed by atoms with Crippen LogP contribution in [0.25, 0.3) is 0 Å². The van der Waals surface area contributed by atoms with E-state index in [0.29, 0.717) is 17.9 Å². The standard InChI is InChI=1S/C16H22ClNO2/c1-16(11-19)10-4-7-14(16)18-15(20)9-8-12-5-2-3-6-13(12)17/h2-3,5-6,14,19H,4,7-11H2,1H3,(H,18,20). The van der Waals surface area contributed by atoms with Crippen LogP contribution < -0.4 is 5.32 Å². The molecule has 4 heteroatoms. The first-order chi connectivity index (χ1) is 9.55. The van der Waals surface area contributed by atoms with Crippen molar-refractivity contribution in [2.24, 2.45) is 5.41 Å². The first-order valence-electron chi connectivity index (χ1n) is 7.19. The molecule has 2 rings (SSSR count). The topological polar surface area (TPSA) is 49.3 Å². The van der Waals surface area contributed by atoms with Gasteiger partial charge < -0.3 is 10.4 Å². The average molecular weight is 296 g/mol. The molecule has 1 aromatic rings. The lowest BCUT2D eigenvalue weighted by Gasteiger charge is -2.30. The highest BCUT2D eigenvalue weighted by Gasteiger charge is 2.38. The van der Waals surface area contributed by atoms with Crippen LogP contribution in [-0.4, -0.2) is 23.7 Å². The lowest BCUT2D eigenvalue weighted by atomic mass is 9.85. The Morgan fingerprint density at radius 1 is 1.50 bits per heavy atom. The van der Waals surface area contributed by atoms with Crippen molar-refractivity contribution in [2.75, 3.05) is 6.61 Å². The molecule has 2 N–H and O–H groups in total. The Balaban J connectivity index is 1.86. The van der Waals surface area contributed by atoms with Crippen molar-refractivity contribution in [3.8, 4) is 0 Å². The van der Waals surface area contributed by atoms with Gasteiger partial charge in [-0.05, 0) is 30.9 Å². The molecule has 3 nitrogen and oxygen atoms in total. The van der Waals surface area contributed by atoms with E-state index >= 15 is 0 Å². The Morgan fingerprint density at radius 3 is 2.95 bits per heavy atom. The van der Waals surface area contributed by atoms with E-state index in [1.807, 2.05) is 31.2 Å². The minimum atomic E-state index is -0.167. The Bertz CT molecular complexity index is 477. The summed E-state index contributed by atoms with van der Waals surface area (Å²) in [6, 6.07) is 7.69. The third-order valence-corrected chi connectivity index (χ3v) is 4.73. The van der Waals surface area contributed by atoms with Crippen molar-refractivity contribution < 1.29 is 9.90 Å². The van der Waals surface area contributed by atoms with Crippen LogP contribution in [0.3, 0.4) is 0 Å². The van der Waals surface area contributed by atoms with E-state index in [1.165, 1.54) is 0 Å². The Kier molecular flexibility index (Phi) is 5.06. The average Bonchev–Trinajstić information content (AvgIpc) is 2.80. The minimum absolute atomic E-state index is 0.0384. The van der Waals surface area contributed by atoms with Gasteiger partial charge in [-0.2, -0.15) is 0 Å². The SMILES string of the molecule is CC1(CO)CCCC1NC(=O)CCc1ccccc1Cl. The highest BCUT2D eigenvalue weighted by Crippen LogP contribution is 2.37. The van der Waals surface area contributed by atoms with Crippen molar-refractivity contribution in [1.82, 2.24) is 5.32 Å². The summed E-state index contributed by atoms with van der Waals surface area (Å²) in [6.07, 6.45) is 4.07. The summed E-state index contributed by atoms with van der Waals surface area (Å²) in [5, 5.41) is 13.3. The number of benzene rings is 1. The van der Waals surface area contributed by atoms with E-state index in [0.717, 1.165) is 24.8 Å². The van der Waals surface area contributed by atoms with Gasteiger partial charge in [0.25, 0.3) is 0 Å². The molecule has 110 valence electrons. The number of nitrogens with one attached hydrogen (secondary N) is 1. The molecule has 1 saturated carbocycles. The molecular formula is C16H22ClNO2. The first kappa shape index (κ1) is 15.3. The van der Waals surface area contributed by atoms with Crippen LogP contribution in [0.1, 0.15) is 38.2 Å². The highest BCUT2D eigenvalue weighted by atomic mass is 35.5. The van der Waals surface area contributed by atoms with Crippen LogP contribution in [0.2, 0.25) is 5.02 Å². The quantitative estimate of drug-likeness (QED) is 0.877. The Hall–Kier alpha value is -1.06. The van der Waals surface area contributed by atoms with Crippen LogP contribution >= 0.6 is 11.6 Å². The van der Waals surface area contributed by atoms with E-state index in [2.05, 4.69) is 5.32 Å². The number of amides is 1. The van der Waals surface area contributed by atoms with Crippen LogP contribution in [-0.2, 0) is 11.2 Å². The van der Waals surface area contributed by atoms with Gasteiger partial charge >= 0.3 is 0 Å². The molecule has 0 aromatic heterocycles. The fourth-order valence-electron chi connectivity index (χ4n) is 2.88. The maximum absolute atomic E-state index is 12.1. The molecule has 0 saturated heterocycles. The van der Waals surface area contributed by atoms with E-state index in [1.54, 1.807) is 0 Å². The molecule has 1 aliphatic carbocycles. The second kappa shape index (κ2) is 6.59. The number of carbonyl (C=O) groups is 1. The summed E-state index contributed by atoms with van der Waals surface area (Å²) in [7, 11) is 0. The van der Waals surface area contributed by atoms with Crippen LogP contribution in [0.4, 0.5) is 0 Å². The summed E-state index contributed by atoms with van der Waals surface area (Å²) >= 11 is 6.08. The van der Waals surface area contributed by atoms with Gasteiger partial charge in [0.1, 0.15) is 0 Å². The van der Waals surface area contributed by atoms with Crippen molar-refractivity contribution in [3.63, 3.8) is 0 Å². The largest absolute Gasteiger partial charge is 0.396 e. The predicted octanol–water partition coefficient (Wildman–Crippen LogP) is 2.94. The normalized spacial score (nSPS) is 25.6. The minimum Gasteiger partial charge on any atom is -0.396 e. The second-order valence-corrected chi connectivity index (χ2v) is 6.32. The van der Waals surface area contributed by atoms with Gasteiger partial charge in [0.05, 0.1) is 6.61 Å². The second-order valence-electron chi connectivity index (χ2n) is 5.92. The van der Waals surface area contributed by atoms with Gasteiger partial charge in [-0.1, -0.05) is 43.1 Å². The molecule has 0 spiro atoms. The fraction of sp³-hybridized carbons (Fsp3) is 0.562. The third-order valence-electron chi connectivity index (χ3n) is 4.36. The fourth-order valence-corrected chi connectivity index (χ4v) is 3.11. The molecule has 0 bridgehead atoms.